The van der Waals surface area contributed by atoms with Crippen LogP contribution in [-0.4, -0.2) is 31.2 Å². The summed E-state index contributed by atoms with van der Waals surface area (Å²) in [6, 6.07) is 19.4. The molecule has 0 bridgehead atoms. The molecule has 1 aliphatic rings. The lowest BCUT2D eigenvalue weighted by molar-refractivity contribution is -0.119. The minimum Gasteiger partial charge on any atom is -0.308 e. The van der Waals surface area contributed by atoms with Crippen LogP contribution in [0.4, 0.5) is 5.69 Å². The Bertz CT molecular complexity index is 1300. The molecule has 8 heteroatoms. The first-order valence-electron chi connectivity index (χ1n) is 10.6. The Hall–Kier alpha value is -2.19. The maximum atomic E-state index is 13.6. The van der Waals surface area contributed by atoms with Gasteiger partial charge in [0.05, 0.1) is 11.4 Å². The van der Waals surface area contributed by atoms with Gasteiger partial charge in [-0.2, -0.15) is 4.31 Å². The molecule has 0 N–H and O–H groups in total. The second-order valence-electron chi connectivity index (χ2n) is 8.27. The van der Waals surface area contributed by atoms with E-state index in [0.29, 0.717) is 10.6 Å². The molecule has 1 atom stereocenters. The van der Waals surface area contributed by atoms with E-state index in [1.165, 1.54) is 4.31 Å². The highest BCUT2D eigenvalue weighted by Crippen LogP contribution is 2.34. The summed E-state index contributed by atoms with van der Waals surface area (Å²) in [5.74, 6) is -0.272. The van der Waals surface area contributed by atoms with Crippen LogP contribution in [0.1, 0.15) is 23.6 Å². The van der Waals surface area contributed by atoms with Crippen molar-refractivity contribution in [3.63, 3.8) is 0 Å². The van der Waals surface area contributed by atoms with Crippen molar-refractivity contribution in [3.05, 3.63) is 92.9 Å². The summed E-state index contributed by atoms with van der Waals surface area (Å²) in [4.78, 5) is 15.3. The molecule has 0 saturated carbocycles. The van der Waals surface area contributed by atoms with Crippen LogP contribution < -0.4 is 4.90 Å². The zero-order valence-electron chi connectivity index (χ0n) is 18.3. The number of nitrogens with zero attached hydrogens (tertiary/aromatic N) is 2. The fourth-order valence-electron chi connectivity index (χ4n) is 4.11. The Kier molecular flexibility index (Phi) is 6.96. The molecular formula is C25H24BrClN2O3S. The van der Waals surface area contributed by atoms with Gasteiger partial charge in [-0.3, -0.25) is 4.79 Å². The number of fused-ring (bicyclic) bond motifs is 1. The van der Waals surface area contributed by atoms with E-state index in [0.717, 1.165) is 27.7 Å². The lowest BCUT2D eigenvalue weighted by atomic mass is 10.1. The van der Waals surface area contributed by atoms with Gasteiger partial charge in [-0.15, -0.1) is 0 Å². The normalized spacial score (nSPS) is 15.7. The van der Waals surface area contributed by atoms with Gasteiger partial charge in [0.1, 0.15) is 0 Å². The van der Waals surface area contributed by atoms with Gasteiger partial charge in [0, 0.05) is 27.8 Å². The second kappa shape index (κ2) is 9.58. The molecule has 0 aromatic heterocycles. The quantitative estimate of drug-likeness (QED) is 0.405. The average molecular weight is 548 g/mol. The summed E-state index contributed by atoms with van der Waals surface area (Å²) in [6.45, 7) is 3.57. The lowest BCUT2D eigenvalue weighted by Crippen LogP contribution is -2.44. The molecule has 0 spiro atoms. The first kappa shape index (κ1) is 24.0. The van der Waals surface area contributed by atoms with Crippen LogP contribution in [-0.2, 0) is 27.8 Å². The number of benzene rings is 3. The van der Waals surface area contributed by atoms with Gasteiger partial charge >= 0.3 is 0 Å². The fourth-order valence-corrected chi connectivity index (χ4v) is 6.08. The van der Waals surface area contributed by atoms with Crippen LogP contribution in [0.3, 0.4) is 0 Å². The largest absolute Gasteiger partial charge is 0.308 e. The molecular weight excluding hydrogens is 524 g/mol. The summed E-state index contributed by atoms with van der Waals surface area (Å²) >= 11 is 9.81. The molecule has 172 valence electrons. The minimum absolute atomic E-state index is 0.00294. The number of hydrogen-bond acceptors (Lipinski definition) is 3. The van der Waals surface area contributed by atoms with Gasteiger partial charge in [0.2, 0.25) is 15.9 Å². The maximum absolute atomic E-state index is 13.6. The first-order chi connectivity index (χ1) is 15.7. The molecule has 0 radical (unpaired) electrons. The Balaban J connectivity index is 1.69. The highest BCUT2D eigenvalue weighted by Gasteiger charge is 2.35. The van der Waals surface area contributed by atoms with E-state index < -0.39 is 10.0 Å². The zero-order chi connectivity index (χ0) is 23.8. The summed E-state index contributed by atoms with van der Waals surface area (Å²) in [5, 5.41) is 0.457. The molecule has 1 heterocycles. The van der Waals surface area contributed by atoms with E-state index in [-0.39, 0.29) is 29.9 Å². The average Bonchev–Trinajstić information content (AvgIpc) is 3.09. The summed E-state index contributed by atoms with van der Waals surface area (Å²) in [7, 11) is -3.94. The molecule has 5 nitrogen and oxygen atoms in total. The Labute approximate surface area is 208 Å². The van der Waals surface area contributed by atoms with Crippen molar-refractivity contribution >= 4 is 49.1 Å². The van der Waals surface area contributed by atoms with E-state index in [4.69, 9.17) is 11.6 Å². The highest BCUT2D eigenvalue weighted by molar-refractivity contribution is 9.10. The molecule has 0 unspecified atom stereocenters. The summed E-state index contributed by atoms with van der Waals surface area (Å²) in [5.41, 5.74) is 3.48. The first-order valence-corrected chi connectivity index (χ1v) is 13.2. The van der Waals surface area contributed by atoms with Crippen LogP contribution in [0, 0.1) is 6.92 Å². The fraction of sp³-hybridized carbons (Fsp3) is 0.240. The van der Waals surface area contributed by atoms with Crippen LogP contribution in [0.25, 0.3) is 0 Å². The molecule has 3 aromatic carbocycles. The second-order valence-corrected chi connectivity index (χ2v) is 11.5. The molecule has 1 amide bonds. The molecule has 3 aromatic rings. The number of carbonyl (C=O) groups excluding carboxylic acids is 1. The molecule has 4 rings (SSSR count). The molecule has 0 aliphatic carbocycles. The standard InChI is InChI=1S/C25H24BrClN2O3S/c1-17-7-10-22(11-8-17)33(31,32)28(15-19-5-3-4-6-23(19)27)16-25(30)29-18(2)13-20-14-21(26)9-12-24(20)29/h3-12,14,18H,13,15-16H2,1-2H3/t18-/m0/s1. The topological polar surface area (TPSA) is 57.7 Å². The monoisotopic (exact) mass is 546 g/mol. The van der Waals surface area contributed by atoms with Gasteiger partial charge in [0.25, 0.3) is 0 Å². The third-order valence-corrected chi connectivity index (χ3v) is 8.47. The van der Waals surface area contributed by atoms with Crippen molar-refractivity contribution in [3.8, 4) is 0 Å². The molecule has 0 fully saturated rings. The lowest BCUT2D eigenvalue weighted by Gasteiger charge is -2.28. The number of aryl methyl sites for hydroxylation is 1. The number of halogens is 2. The molecule has 0 saturated heterocycles. The van der Waals surface area contributed by atoms with Gasteiger partial charge in [-0.25, -0.2) is 8.42 Å². The van der Waals surface area contributed by atoms with Crippen molar-refractivity contribution in [2.75, 3.05) is 11.4 Å². The number of carbonyl (C=O) groups is 1. The van der Waals surface area contributed by atoms with E-state index in [9.17, 15) is 13.2 Å². The third-order valence-electron chi connectivity index (χ3n) is 5.80. The van der Waals surface area contributed by atoms with E-state index in [1.54, 1.807) is 53.4 Å². The summed E-state index contributed by atoms with van der Waals surface area (Å²) < 4.78 is 29.3. The predicted octanol–water partition coefficient (Wildman–Crippen LogP) is 5.58. The maximum Gasteiger partial charge on any atom is 0.243 e. The van der Waals surface area contributed by atoms with Crippen molar-refractivity contribution in [1.82, 2.24) is 4.31 Å². The number of amides is 1. The number of sulfonamides is 1. The SMILES string of the molecule is Cc1ccc(S(=O)(=O)N(CC(=O)N2c3ccc(Br)cc3C[C@@H]2C)Cc2ccccc2Cl)cc1. The number of anilines is 1. The van der Waals surface area contributed by atoms with Crippen LogP contribution >= 0.6 is 27.5 Å². The van der Waals surface area contributed by atoms with Gasteiger partial charge in [-0.1, -0.05) is 63.4 Å². The Morgan fingerprint density at radius 3 is 2.52 bits per heavy atom. The summed E-state index contributed by atoms with van der Waals surface area (Å²) in [6.07, 6.45) is 0.718. The van der Waals surface area contributed by atoms with Crippen molar-refractivity contribution in [2.24, 2.45) is 0 Å². The third kappa shape index (κ3) is 5.01. The van der Waals surface area contributed by atoms with E-state index in [2.05, 4.69) is 15.9 Å². The van der Waals surface area contributed by atoms with Gasteiger partial charge in [-0.05, 0) is 67.8 Å². The number of hydrogen-bond donors (Lipinski definition) is 0. The van der Waals surface area contributed by atoms with Gasteiger partial charge in [0.15, 0.2) is 0 Å². The van der Waals surface area contributed by atoms with Crippen LogP contribution in [0.15, 0.2) is 76.1 Å². The minimum atomic E-state index is -3.94. The van der Waals surface area contributed by atoms with Crippen molar-refractivity contribution in [2.45, 2.75) is 37.8 Å². The van der Waals surface area contributed by atoms with Gasteiger partial charge < -0.3 is 4.90 Å². The molecule has 1 aliphatic heterocycles. The van der Waals surface area contributed by atoms with Crippen molar-refractivity contribution in [1.29, 1.82) is 0 Å². The molecule has 33 heavy (non-hydrogen) atoms. The Morgan fingerprint density at radius 1 is 1.12 bits per heavy atom. The number of rotatable bonds is 6. The van der Waals surface area contributed by atoms with Crippen molar-refractivity contribution < 1.29 is 13.2 Å². The van der Waals surface area contributed by atoms with E-state index >= 15 is 0 Å². The Morgan fingerprint density at radius 2 is 1.82 bits per heavy atom. The highest BCUT2D eigenvalue weighted by atomic mass is 79.9. The zero-order valence-corrected chi connectivity index (χ0v) is 21.5. The predicted molar refractivity (Wildman–Crippen MR) is 135 cm³/mol. The van der Waals surface area contributed by atoms with E-state index in [1.807, 2.05) is 32.0 Å². The smallest absolute Gasteiger partial charge is 0.243 e. The van der Waals surface area contributed by atoms with Crippen LogP contribution in [0.2, 0.25) is 5.02 Å². The van der Waals surface area contributed by atoms with Crippen LogP contribution in [0.5, 0.6) is 0 Å².